The molecule has 2 aromatic heterocycles. The Labute approximate surface area is 251 Å². The van der Waals surface area contributed by atoms with Crippen LogP contribution in [0, 0.1) is 11.8 Å². The molecule has 0 spiro atoms. The summed E-state index contributed by atoms with van der Waals surface area (Å²) < 4.78 is 5.53. The summed E-state index contributed by atoms with van der Waals surface area (Å²) in [5.41, 5.74) is 6.62. The molecule has 1 aliphatic carbocycles. The maximum atomic E-state index is 13.7. The predicted molar refractivity (Wildman–Crippen MR) is 168 cm³/mol. The van der Waals surface area contributed by atoms with Crippen molar-refractivity contribution in [2.75, 3.05) is 13.2 Å². The van der Waals surface area contributed by atoms with Crippen molar-refractivity contribution in [2.45, 2.75) is 57.0 Å². The molecule has 7 heteroatoms. The molecule has 2 N–H and O–H groups in total. The molecule has 1 amide bonds. The maximum absolute atomic E-state index is 13.7. The van der Waals surface area contributed by atoms with Crippen molar-refractivity contribution in [3.63, 3.8) is 0 Å². The van der Waals surface area contributed by atoms with Crippen LogP contribution >= 0.6 is 0 Å². The fourth-order valence-corrected chi connectivity index (χ4v) is 7.70. The molecule has 0 radical (unpaired) electrons. The number of amides is 1. The summed E-state index contributed by atoms with van der Waals surface area (Å²) in [7, 11) is 0. The molecule has 2 saturated heterocycles. The van der Waals surface area contributed by atoms with Gasteiger partial charge >= 0.3 is 0 Å². The number of hydrogen-bond donors (Lipinski definition) is 2. The summed E-state index contributed by atoms with van der Waals surface area (Å²) in [4.78, 5) is 31.7. The molecule has 5 aromatic rings. The van der Waals surface area contributed by atoms with Crippen LogP contribution in [-0.2, 0) is 9.53 Å². The van der Waals surface area contributed by atoms with Gasteiger partial charge in [0.25, 0.3) is 0 Å². The van der Waals surface area contributed by atoms with Gasteiger partial charge in [0.2, 0.25) is 5.91 Å². The molecule has 3 aliphatic rings. The molecule has 8 rings (SSSR count). The fourth-order valence-electron chi connectivity index (χ4n) is 7.70. The van der Waals surface area contributed by atoms with Gasteiger partial charge in [-0.1, -0.05) is 55.0 Å². The van der Waals surface area contributed by atoms with E-state index >= 15 is 0 Å². The van der Waals surface area contributed by atoms with Crippen LogP contribution in [0.25, 0.3) is 44.4 Å². The van der Waals surface area contributed by atoms with Gasteiger partial charge in [0.05, 0.1) is 36.2 Å². The van der Waals surface area contributed by atoms with E-state index in [2.05, 4.69) is 80.5 Å². The van der Waals surface area contributed by atoms with E-state index in [1.54, 1.807) is 6.33 Å². The van der Waals surface area contributed by atoms with Gasteiger partial charge in [-0.25, -0.2) is 9.97 Å². The number of hydrogen-bond acceptors (Lipinski definition) is 4. The Morgan fingerprint density at radius 1 is 0.837 bits per heavy atom. The fraction of sp³-hybridized carbons (Fsp3) is 0.361. The minimum Gasteiger partial charge on any atom is -0.381 e. The van der Waals surface area contributed by atoms with Crippen LogP contribution < -0.4 is 0 Å². The molecule has 3 aromatic carbocycles. The van der Waals surface area contributed by atoms with Crippen LogP contribution in [0.15, 0.2) is 79.4 Å². The van der Waals surface area contributed by atoms with Gasteiger partial charge in [-0.05, 0) is 83.5 Å². The lowest BCUT2D eigenvalue weighted by atomic mass is 9.95. The van der Waals surface area contributed by atoms with Gasteiger partial charge in [0.15, 0.2) is 0 Å². The molecule has 0 bridgehead atoms. The lowest BCUT2D eigenvalue weighted by Crippen LogP contribution is -2.39. The van der Waals surface area contributed by atoms with Gasteiger partial charge in [0.1, 0.15) is 5.82 Å². The summed E-state index contributed by atoms with van der Waals surface area (Å²) >= 11 is 0. The monoisotopic (exact) mass is 571 g/mol. The van der Waals surface area contributed by atoms with E-state index in [9.17, 15) is 4.79 Å². The van der Waals surface area contributed by atoms with Gasteiger partial charge in [-0.15, -0.1) is 0 Å². The number of aromatic amines is 2. The Bertz CT molecular complexity index is 1740. The van der Waals surface area contributed by atoms with Gasteiger partial charge < -0.3 is 19.6 Å². The highest BCUT2D eigenvalue weighted by Gasteiger charge is 2.47. The van der Waals surface area contributed by atoms with E-state index < -0.39 is 0 Å². The molecule has 2 aliphatic heterocycles. The number of imidazole rings is 2. The van der Waals surface area contributed by atoms with Crippen LogP contribution in [0.5, 0.6) is 0 Å². The summed E-state index contributed by atoms with van der Waals surface area (Å²) in [5, 5.41) is 2.41. The van der Waals surface area contributed by atoms with Crippen molar-refractivity contribution in [1.29, 1.82) is 0 Å². The normalized spacial score (nSPS) is 22.3. The van der Waals surface area contributed by atoms with E-state index in [1.807, 2.05) is 12.4 Å². The maximum Gasteiger partial charge on any atom is 0.223 e. The highest BCUT2D eigenvalue weighted by Crippen LogP contribution is 2.47. The number of aromatic nitrogens is 4. The Kier molecular flexibility index (Phi) is 6.83. The third kappa shape index (κ3) is 5.06. The van der Waals surface area contributed by atoms with E-state index in [1.165, 1.54) is 34.7 Å². The summed E-state index contributed by atoms with van der Waals surface area (Å²) in [6.45, 7) is 1.56. The van der Waals surface area contributed by atoms with E-state index in [4.69, 9.17) is 9.72 Å². The molecule has 218 valence electrons. The number of carbonyl (C=O) groups excluding carboxylic acids is 1. The van der Waals surface area contributed by atoms with E-state index in [0.29, 0.717) is 30.2 Å². The molecule has 1 saturated carbocycles. The van der Waals surface area contributed by atoms with E-state index in [-0.39, 0.29) is 6.04 Å². The molecule has 3 atom stereocenters. The number of nitrogens with zero attached hydrogens (tertiary/aromatic N) is 3. The molecule has 3 fully saturated rings. The Morgan fingerprint density at radius 3 is 2.37 bits per heavy atom. The lowest BCUT2D eigenvalue weighted by Gasteiger charge is -2.31. The highest BCUT2D eigenvalue weighted by molar-refractivity contribution is 5.90. The first-order valence-corrected chi connectivity index (χ1v) is 15.8. The Hall–Kier alpha value is -4.23. The topological polar surface area (TPSA) is 86.9 Å². The van der Waals surface area contributed by atoms with Gasteiger partial charge in [-0.3, -0.25) is 4.79 Å². The number of likely N-dealkylation sites (tertiary alicyclic amines) is 1. The third-order valence-corrected chi connectivity index (χ3v) is 10.0. The summed E-state index contributed by atoms with van der Waals surface area (Å²) in [6.07, 6.45) is 12.7. The van der Waals surface area contributed by atoms with Crippen LogP contribution in [0.1, 0.15) is 56.8 Å². The summed E-state index contributed by atoms with van der Waals surface area (Å²) in [5.74, 6) is 2.27. The second-order valence-electron chi connectivity index (χ2n) is 12.6. The van der Waals surface area contributed by atoms with Crippen molar-refractivity contribution < 1.29 is 9.53 Å². The zero-order chi connectivity index (χ0) is 28.8. The second-order valence-corrected chi connectivity index (χ2v) is 12.6. The first-order valence-electron chi connectivity index (χ1n) is 15.8. The summed E-state index contributed by atoms with van der Waals surface area (Å²) in [6, 6.07) is 22.2. The highest BCUT2D eigenvalue weighted by atomic mass is 16.5. The Balaban J connectivity index is 1.00. The lowest BCUT2D eigenvalue weighted by molar-refractivity contribution is -0.136. The molecule has 3 unspecified atom stereocenters. The van der Waals surface area contributed by atoms with Crippen molar-refractivity contribution in [1.82, 2.24) is 24.8 Å². The van der Waals surface area contributed by atoms with E-state index in [0.717, 1.165) is 67.2 Å². The molecule has 4 heterocycles. The van der Waals surface area contributed by atoms with Crippen molar-refractivity contribution in [2.24, 2.45) is 11.8 Å². The molecular weight excluding hydrogens is 534 g/mol. The number of nitrogens with one attached hydrogen (secondary N) is 2. The number of rotatable bonds is 6. The average molecular weight is 572 g/mol. The Morgan fingerprint density at radius 2 is 1.58 bits per heavy atom. The van der Waals surface area contributed by atoms with Crippen LogP contribution in [-0.4, -0.2) is 50.0 Å². The zero-order valence-electron chi connectivity index (χ0n) is 24.3. The minimum absolute atomic E-state index is 0.0436. The average Bonchev–Trinajstić information content (AvgIpc) is 3.86. The number of fused-ring (bicyclic) bond motifs is 2. The SMILES string of the molecule is O=C(CC1CCOCC1)N1C(c2ncc(-c3ccc(-c4ccc5cc(-c6cnc[nH]6)ccc5c4)cc3)[nH]2)CC2CCCC21. The predicted octanol–water partition coefficient (Wildman–Crippen LogP) is 7.55. The van der Waals surface area contributed by atoms with Crippen molar-refractivity contribution in [3.8, 4) is 33.6 Å². The standard InChI is InChI=1S/C36H37N5O2/c42-35(16-23-12-14-43-15-13-23)41-33-3-1-2-30(33)19-34(41)36-38-21-32(40-36)25-6-4-24(5-7-25)26-8-9-28-18-29(11-10-27(28)17-26)31-20-37-22-39-31/h4-11,17-18,20-23,30,33-34H,1-3,12-16,19H2,(H,37,39)(H,38,40). The van der Waals surface area contributed by atoms with Crippen LogP contribution in [0.4, 0.5) is 0 Å². The minimum atomic E-state index is 0.0436. The van der Waals surface area contributed by atoms with Crippen LogP contribution in [0.2, 0.25) is 0 Å². The van der Waals surface area contributed by atoms with Crippen LogP contribution in [0.3, 0.4) is 0 Å². The molecular formula is C36H37N5O2. The van der Waals surface area contributed by atoms with Crippen molar-refractivity contribution in [3.05, 3.63) is 85.2 Å². The number of carbonyl (C=O) groups is 1. The van der Waals surface area contributed by atoms with Gasteiger partial charge in [0, 0.05) is 31.2 Å². The number of ether oxygens (including phenoxy) is 1. The molecule has 7 nitrogen and oxygen atoms in total. The third-order valence-electron chi connectivity index (χ3n) is 10.0. The first-order chi connectivity index (χ1) is 21.2. The first kappa shape index (κ1) is 26.4. The molecule has 43 heavy (non-hydrogen) atoms. The largest absolute Gasteiger partial charge is 0.381 e. The second kappa shape index (κ2) is 11.1. The number of benzene rings is 3. The zero-order valence-corrected chi connectivity index (χ0v) is 24.3. The number of H-pyrrole nitrogens is 2. The smallest absolute Gasteiger partial charge is 0.223 e. The van der Waals surface area contributed by atoms with Gasteiger partial charge in [-0.2, -0.15) is 0 Å². The quantitative estimate of drug-likeness (QED) is 0.220. The van der Waals surface area contributed by atoms with Crippen molar-refractivity contribution >= 4 is 16.7 Å².